The molecule has 0 aliphatic rings. The van der Waals surface area contributed by atoms with Crippen molar-refractivity contribution in [3.05, 3.63) is 71.0 Å². The van der Waals surface area contributed by atoms with Gasteiger partial charge in [0.2, 0.25) is 0 Å². The van der Waals surface area contributed by atoms with E-state index in [1.807, 2.05) is 73.1 Å². The Morgan fingerprint density at radius 2 is 1.75 bits per heavy atom. The minimum Gasteiger partial charge on any atom is -0.253 e. The molecule has 2 aromatic heterocycles. The molecule has 0 unspecified atom stereocenters. The predicted octanol–water partition coefficient (Wildman–Crippen LogP) is 4.75. The van der Waals surface area contributed by atoms with Crippen molar-refractivity contribution in [2.45, 2.75) is 13.8 Å². The third-order valence-corrected chi connectivity index (χ3v) is 4.28. The fourth-order valence-electron chi connectivity index (χ4n) is 2.91. The molecule has 0 bridgehead atoms. The topological polar surface area (TPSA) is 43.6 Å². The van der Waals surface area contributed by atoms with Gasteiger partial charge < -0.3 is 0 Å². The maximum absolute atomic E-state index is 6.11. The maximum Gasteiger partial charge on any atom is 0.116 e. The summed E-state index contributed by atoms with van der Waals surface area (Å²) < 4.78 is 1.87. The van der Waals surface area contributed by atoms with Crippen LogP contribution in [0.4, 0.5) is 0 Å². The lowest BCUT2D eigenvalue weighted by molar-refractivity contribution is 0.788. The third kappa shape index (κ3) is 2.45. The Morgan fingerprint density at radius 1 is 0.958 bits per heavy atom. The van der Waals surface area contributed by atoms with Crippen LogP contribution in [0, 0.1) is 13.8 Å². The number of rotatable bonds is 2. The van der Waals surface area contributed by atoms with Gasteiger partial charge in [-0.05, 0) is 38.1 Å². The zero-order valence-corrected chi connectivity index (χ0v) is 14.1. The summed E-state index contributed by atoms with van der Waals surface area (Å²) >= 11 is 6.11. The molecule has 0 N–H and O–H groups in total. The summed E-state index contributed by atoms with van der Waals surface area (Å²) in [4.78, 5) is 4.57. The lowest BCUT2D eigenvalue weighted by Crippen LogP contribution is -2.02. The first kappa shape index (κ1) is 14.8. The molecule has 0 aliphatic carbocycles. The van der Waals surface area contributed by atoms with Crippen LogP contribution in [0.3, 0.4) is 0 Å². The summed E-state index contributed by atoms with van der Waals surface area (Å²) in [5, 5.41) is 10.4. The number of aromatic nitrogens is 4. The summed E-state index contributed by atoms with van der Waals surface area (Å²) in [5.41, 5.74) is 5.65. The zero-order chi connectivity index (χ0) is 16.7. The van der Waals surface area contributed by atoms with Gasteiger partial charge in [-0.2, -0.15) is 0 Å². The van der Waals surface area contributed by atoms with Crippen LogP contribution in [0.15, 0.2) is 54.6 Å². The van der Waals surface area contributed by atoms with E-state index in [9.17, 15) is 0 Å². The van der Waals surface area contributed by atoms with Crippen molar-refractivity contribution in [2.75, 3.05) is 0 Å². The smallest absolute Gasteiger partial charge is 0.116 e. The lowest BCUT2D eigenvalue weighted by Gasteiger charge is -2.09. The van der Waals surface area contributed by atoms with Crippen LogP contribution in [-0.2, 0) is 0 Å². The van der Waals surface area contributed by atoms with Gasteiger partial charge in [0, 0.05) is 21.7 Å². The van der Waals surface area contributed by atoms with Crippen molar-refractivity contribution in [1.29, 1.82) is 0 Å². The van der Waals surface area contributed by atoms with Crippen molar-refractivity contribution in [3.8, 4) is 16.9 Å². The molecule has 0 radical (unpaired) electrons. The monoisotopic (exact) mass is 334 g/mol. The van der Waals surface area contributed by atoms with E-state index in [4.69, 9.17) is 11.6 Å². The highest BCUT2D eigenvalue weighted by Crippen LogP contribution is 2.28. The Hall–Kier alpha value is -2.72. The molecule has 0 saturated heterocycles. The van der Waals surface area contributed by atoms with Crippen LogP contribution in [-0.4, -0.2) is 20.0 Å². The van der Waals surface area contributed by atoms with E-state index in [1.54, 1.807) is 0 Å². The van der Waals surface area contributed by atoms with Crippen LogP contribution >= 0.6 is 11.6 Å². The molecule has 2 heterocycles. The average Bonchev–Trinajstić information content (AvgIpc) is 2.96. The lowest BCUT2D eigenvalue weighted by atomic mass is 10.1. The van der Waals surface area contributed by atoms with Crippen LogP contribution in [0.25, 0.3) is 27.8 Å². The van der Waals surface area contributed by atoms with Crippen LogP contribution in [0.1, 0.15) is 11.4 Å². The van der Waals surface area contributed by atoms with Gasteiger partial charge in [0.05, 0.1) is 16.9 Å². The van der Waals surface area contributed by atoms with Gasteiger partial charge >= 0.3 is 0 Å². The molecule has 24 heavy (non-hydrogen) atoms. The summed E-state index contributed by atoms with van der Waals surface area (Å²) in [6.45, 7) is 3.99. The molecule has 118 valence electrons. The Labute approximate surface area is 144 Å². The largest absolute Gasteiger partial charge is 0.253 e. The van der Waals surface area contributed by atoms with E-state index in [0.29, 0.717) is 5.02 Å². The van der Waals surface area contributed by atoms with E-state index in [-0.39, 0.29) is 0 Å². The molecule has 5 heteroatoms. The molecule has 2 aromatic carbocycles. The van der Waals surface area contributed by atoms with E-state index < -0.39 is 0 Å². The molecular formula is C19H15ClN4. The van der Waals surface area contributed by atoms with Crippen LogP contribution in [0.2, 0.25) is 5.02 Å². The number of nitrogens with zero attached hydrogens (tertiary/aromatic N) is 4. The summed E-state index contributed by atoms with van der Waals surface area (Å²) in [5.74, 6) is 0. The highest BCUT2D eigenvalue weighted by atomic mass is 35.5. The van der Waals surface area contributed by atoms with Crippen molar-refractivity contribution in [2.24, 2.45) is 0 Å². The van der Waals surface area contributed by atoms with Crippen LogP contribution < -0.4 is 0 Å². The van der Waals surface area contributed by atoms with Gasteiger partial charge in [-0.1, -0.05) is 47.1 Å². The van der Waals surface area contributed by atoms with E-state index in [1.165, 1.54) is 0 Å². The van der Waals surface area contributed by atoms with Crippen molar-refractivity contribution in [1.82, 2.24) is 20.0 Å². The summed E-state index contributed by atoms with van der Waals surface area (Å²) in [6.07, 6.45) is 0. The molecule has 0 amide bonds. The minimum atomic E-state index is 0.673. The molecule has 4 rings (SSSR count). The Morgan fingerprint density at radius 3 is 2.54 bits per heavy atom. The second-order valence-electron chi connectivity index (χ2n) is 5.75. The van der Waals surface area contributed by atoms with Crippen molar-refractivity contribution >= 4 is 22.5 Å². The van der Waals surface area contributed by atoms with Gasteiger partial charge in [0.25, 0.3) is 0 Å². The average molecular weight is 335 g/mol. The van der Waals surface area contributed by atoms with Gasteiger partial charge in [-0.3, -0.25) is 4.98 Å². The highest BCUT2D eigenvalue weighted by molar-refractivity contribution is 6.31. The van der Waals surface area contributed by atoms with E-state index >= 15 is 0 Å². The quantitative estimate of drug-likeness (QED) is 0.531. The molecular weight excluding hydrogens is 320 g/mol. The highest BCUT2D eigenvalue weighted by Gasteiger charge is 2.15. The summed E-state index contributed by atoms with van der Waals surface area (Å²) in [6, 6.07) is 17.8. The first-order valence-electron chi connectivity index (χ1n) is 7.68. The number of halogens is 1. The molecule has 0 fully saturated rings. The Bertz CT molecular complexity index is 1030. The van der Waals surface area contributed by atoms with E-state index in [0.717, 1.165) is 39.2 Å². The molecule has 0 spiro atoms. The second kappa shape index (κ2) is 5.73. The minimum absolute atomic E-state index is 0.673. The molecule has 4 nitrogen and oxygen atoms in total. The molecule has 0 aliphatic heterocycles. The number of hydrogen-bond donors (Lipinski definition) is 0. The van der Waals surface area contributed by atoms with Crippen molar-refractivity contribution in [3.63, 3.8) is 0 Å². The van der Waals surface area contributed by atoms with Gasteiger partial charge in [0.1, 0.15) is 5.69 Å². The van der Waals surface area contributed by atoms with Gasteiger partial charge in [0.15, 0.2) is 0 Å². The predicted molar refractivity (Wildman–Crippen MR) is 96.6 cm³/mol. The molecule has 4 aromatic rings. The fourth-order valence-corrected chi connectivity index (χ4v) is 3.07. The number of hydrogen-bond acceptors (Lipinski definition) is 3. The SMILES string of the molecule is Cc1cc(-n2nnc(-c3ccccc3)c2C)c2ccc(Cl)cc2n1. The van der Waals surface area contributed by atoms with Gasteiger partial charge in [-0.15, -0.1) is 5.10 Å². The maximum atomic E-state index is 6.11. The number of aryl methyl sites for hydroxylation is 1. The third-order valence-electron chi connectivity index (χ3n) is 4.05. The van der Waals surface area contributed by atoms with Crippen LogP contribution in [0.5, 0.6) is 0 Å². The van der Waals surface area contributed by atoms with Crippen molar-refractivity contribution < 1.29 is 0 Å². The van der Waals surface area contributed by atoms with Gasteiger partial charge in [-0.25, -0.2) is 4.68 Å². The molecule has 0 saturated carbocycles. The normalized spacial score (nSPS) is 11.1. The second-order valence-corrected chi connectivity index (χ2v) is 6.18. The first-order chi connectivity index (χ1) is 11.6. The zero-order valence-electron chi connectivity index (χ0n) is 13.4. The number of pyridine rings is 1. The molecule has 0 atom stereocenters. The summed E-state index contributed by atoms with van der Waals surface area (Å²) in [7, 11) is 0. The van der Waals surface area contributed by atoms with E-state index in [2.05, 4.69) is 15.3 Å². The standard InChI is InChI=1S/C19H15ClN4/c1-12-10-18(16-9-8-15(20)11-17(16)21-12)24-13(2)19(22-23-24)14-6-4-3-5-7-14/h3-11H,1-2H3. The Balaban J connectivity index is 1.95. The first-order valence-corrected chi connectivity index (χ1v) is 8.06. The number of fused-ring (bicyclic) bond motifs is 1. The Kier molecular flexibility index (Phi) is 3.54. The number of benzene rings is 2. The fraction of sp³-hybridized carbons (Fsp3) is 0.105.